The second kappa shape index (κ2) is 14.3. The molecule has 0 aliphatic rings. The molecule has 246 valence electrons. The fourth-order valence-electron chi connectivity index (χ4n) is 4.91. The van der Waals surface area contributed by atoms with E-state index in [-0.39, 0.29) is 52.3 Å². The molecular weight excluding hydrogens is 639 g/mol. The molecule has 0 saturated heterocycles. The number of hydrogen-bond donors (Lipinski definition) is 4. The molecule has 0 radical (unpaired) electrons. The van der Waals surface area contributed by atoms with Gasteiger partial charge in [0.25, 0.3) is 15.9 Å². The number of carbonyl (C=O) groups excluding carboxylic acids is 1. The smallest absolute Gasteiger partial charge is 0.339 e. The Bertz CT molecular complexity index is 2100. The Morgan fingerprint density at radius 2 is 1.58 bits per heavy atom. The van der Waals surface area contributed by atoms with Crippen molar-refractivity contribution in [1.82, 2.24) is 5.32 Å². The van der Waals surface area contributed by atoms with E-state index in [1.54, 1.807) is 54.6 Å². The quantitative estimate of drug-likeness (QED) is 0.117. The van der Waals surface area contributed by atoms with E-state index in [1.807, 2.05) is 19.1 Å². The maximum atomic E-state index is 15.4. The van der Waals surface area contributed by atoms with Gasteiger partial charge in [-0.1, -0.05) is 48.5 Å². The van der Waals surface area contributed by atoms with E-state index < -0.39 is 21.8 Å². The van der Waals surface area contributed by atoms with Crippen LogP contribution in [0.2, 0.25) is 0 Å². The molecule has 0 atom stereocenters. The van der Waals surface area contributed by atoms with Crippen LogP contribution < -0.4 is 19.5 Å². The Morgan fingerprint density at radius 3 is 2.29 bits per heavy atom. The number of carbonyl (C=O) groups is 2. The van der Waals surface area contributed by atoms with Gasteiger partial charge < -0.3 is 25.0 Å². The molecule has 0 spiro atoms. The number of nitrogens with one attached hydrogen (secondary N) is 2. The van der Waals surface area contributed by atoms with Gasteiger partial charge in [-0.15, -0.1) is 0 Å². The fourth-order valence-corrected chi connectivity index (χ4v) is 6.00. The molecule has 0 aliphatic heterocycles. The van der Waals surface area contributed by atoms with Crippen LogP contribution in [-0.2, 0) is 23.2 Å². The van der Waals surface area contributed by atoms with Crippen molar-refractivity contribution in [3.63, 3.8) is 0 Å². The Balaban J connectivity index is 1.21. The number of sulfonamides is 1. The highest BCUT2D eigenvalue weighted by atomic mass is 32.2. The van der Waals surface area contributed by atoms with E-state index in [9.17, 15) is 28.2 Å². The molecule has 5 aromatic rings. The van der Waals surface area contributed by atoms with Gasteiger partial charge >= 0.3 is 5.97 Å². The van der Waals surface area contributed by atoms with E-state index in [1.165, 1.54) is 31.4 Å². The summed E-state index contributed by atoms with van der Waals surface area (Å²) in [6.45, 7) is 1.85. The number of methoxy groups -OCH3 is 1. The van der Waals surface area contributed by atoms with Crippen molar-refractivity contribution >= 4 is 27.6 Å². The van der Waals surface area contributed by atoms with Crippen LogP contribution in [0.3, 0.4) is 0 Å². The van der Waals surface area contributed by atoms with E-state index in [0.29, 0.717) is 11.3 Å². The van der Waals surface area contributed by atoms with Crippen molar-refractivity contribution in [2.24, 2.45) is 0 Å². The average Bonchev–Trinajstić information content (AvgIpc) is 3.08. The van der Waals surface area contributed by atoms with Gasteiger partial charge in [0.15, 0.2) is 5.82 Å². The van der Waals surface area contributed by atoms with Crippen LogP contribution >= 0.6 is 0 Å². The minimum atomic E-state index is -4.35. The minimum Gasteiger partial charge on any atom is -0.508 e. The number of phenolic OH excluding ortho intramolecular Hbond substituents is 1. The number of ether oxygens (including phenoxy) is 2. The van der Waals surface area contributed by atoms with E-state index in [0.717, 1.165) is 34.4 Å². The van der Waals surface area contributed by atoms with Gasteiger partial charge in [0.05, 0.1) is 17.7 Å². The van der Waals surface area contributed by atoms with Crippen molar-refractivity contribution in [2.45, 2.75) is 25.0 Å². The van der Waals surface area contributed by atoms with E-state index >= 15 is 4.39 Å². The number of halogens is 1. The summed E-state index contributed by atoms with van der Waals surface area (Å²) >= 11 is 0. The van der Waals surface area contributed by atoms with Gasteiger partial charge in [-0.2, -0.15) is 0 Å². The summed E-state index contributed by atoms with van der Waals surface area (Å²) < 4.78 is 54.4. The third kappa shape index (κ3) is 7.73. The number of rotatable bonds is 12. The van der Waals surface area contributed by atoms with Crippen molar-refractivity contribution in [1.29, 1.82) is 0 Å². The molecular formula is C36H31FN2O8S. The first kappa shape index (κ1) is 33.5. The number of aryl methyl sites for hydroxylation is 1. The van der Waals surface area contributed by atoms with Gasteiger partial charge in [-0.25, -0.2) is 17.6 Å². The number of hydrogen-bond acceptors (Lipinski definition) is 7. The summed E-state index contributed by atoms with van der Waals surface area (Å²) in [6, 6.07) is 26.7. The summed E-state index contributed by atoms with van der Waals surface area (Å²) in [5.74, 6) is -1.87. The second-order valence-electron chi connectivity index (χ2n) is 10.8. The molecule has 0 aliphatic carbocycles. The summed E-state index contributed by atoms with van der Waals surface area (Å²) in [4.78, 5) is 24.0. The average molecular weight is 671 g/mol. The number of phenols is 1. The standard InChI is InChI=1S/C36H31FN2O8S/c1-22-17-23(20-38-35(41)26-6-3-5-25(18-26)24-10-12-28(40)13-11-24)9-15-32(22)47-21-27-7-4-8-31(34(27)37)39-48(44,45)29-14-16-33(46-2)30(19-29)36(42)43/h3-19,39-40H,20-21H2,1-2H3,(H,38,41)(H,42,43). The maximum absolute atomic E-state index is 15.4. The first-order valence-corrected chi connectivity index (χ1v) is 16.0. The van der Waals surface area contributed by atoms with Gasteiger partial charge in [0, 0.05) is 17.7 Å². The number of carboxylic acid groups (broad SMARTS) is 1. The van der Waals surface area contributed by atoms with Crippen LogP contribution in [0.25, 0.3) is 11.1 Å². The van der Waals surface area contributed by atoms with Gasteiger partial charge in [-0.3, -0.25) is 9.52 Å². The first-order chi connectivity index (χ1) is 22.9. The molecule has 10 nitrogen and oxygen atoms in total. The molecule has 48 heavy (non-hydrogen) atoms. The lowest BCUT2D eigenvalue weighted by Crippen LogP contribution is -2.22. The number of amides is 1. The Hall–Kier alpha value is -5.88. The molecule has 0 bridgehead atoms. The lowest BCUT2D eigenvalue weighted by Gasteiger charge is -2.14. The molecule has 0 saturated carbocycles. The predicted octanol–water partition coefficient (Wildman–Crippen LogP) is 6.52. The molecule has 4 N–H and O–H groups in total. The van der Waals surface area contributed by atoms with Crippen LogP contribution in [0.5, 0.6) is 17.2 Å². The zero-order valence-electron chi connectivity index (χ0n) is 25.9. The first-order valence-electron chi connectivity index (χ1n) is 14.6. The van der Waals surface area contributed by atoms with Crippen LogP contribution in [0.15, 0.2) is 108 Å². The topological polar surface area (TPSA) is 151 Å². The minimum absolute atomic E-state index is 0.0201. The maximum Gasteiger partial charge on any atom is 0.339 e. The van der Waals surface area contributed by atoms with Crippen molar-refractivity contribution in [3.8, 4) is 28.4 Å². The summed E-state index contributed by atoms with van der Waals surface area (Å²) in [6.07, 6.45) is 0. The SMILES string of the molecule is COc1ccc(S(=O)(=O)Nc2cccc(COc3ccc(CNC(=O)c4cccc(-c5ccc(O)cc5)c4)cc3C)c2F)cc1C(=O)O. The number of aromatic carboxylic acids is 1. The van der Waals surface area contributed by atoms with E-state index in [2.05, 4.69) is 10.0 Å². The van der Waals surface area contributed by atoms with Gasteiger partial charge in [0.1, 0.15) is 29.4 Å². The molecule has 5 aromatic carbocycles. The summed E-state index contributed by atoms with van der Waals surface area (Å²) in [5, 5.41) is 21.8. The second-order valence-corrected chi connectivity index (χ2v) is 12.4. The third-order valence-corrected chi connectivity index (χ3v) is 8.80. The number of carboxylic acids is 1. The van der Waals surface area contributed by atoms with Crippen molar-refractivity contribution in [2.75, 3.05) is 11.8 Å². The Labute approximate surface area is 276 Å². The largest absolute Gasteiger partial charge is 0.508 e. The fraction of sp³-hybridized carbons (Fsp3) is 0.111. The summed E-state index contributed by atoms with van der Waals surface area (Å²) in [5.41, 5.74) is 3.14. The lowest BCUT2D eigenvalue weighted by atomic mass is 10.0. The highest BCUT2D eigenvalue weighted by Crippen LogP contribution is 2.28. The summed E-state index contributed by atoms with van der Waals surface area (Å²) in [7, 11) is -3.09. The highest BCUT2D eigenvalue weighted by molar-refractivity contribution is 7.92. The Morgan fingerprint density at radius 1 is 0.854 bits per heavy atom. The van der Waals surface area contributed by atoms with Crippen LogP contribution in [0.1, 0.15) is 37.4 Å². The highest BCUT2D eigenvalue weighted by Gasteiger charge is 2.22. The van der Waals surface area contributed by atoms with Crippen molar-refractivity contribution in [3.05, 3.63) is 137 Å². The molecule has 5 rings (SSSR count). The predicted molar refractivity (Wildman–Crippen MR) is 177 cm³/mol. The molecule has 0 fully saturated rings. The molecule has 12 heteroatoms. The van der Waals surface area contributed by atoms with E-state index in [4.69, 9.17) is 9.47 Å². The number of aromatic hydroxyl groups is 1. The third-order valence-electron chi connectivity index (χ3n) is 7.44. The van der Waals surface area contributed by atoms with Gasteiger partial charge in [-0.05, 0) is 83.8 Å². The zero-order chi connectivity index (χ0) is 34.4. The van der Waals surface area contributed by atoms with Crippen LogP contribution in [0.4, 0.5) is 10.1 Å². The number of benzene rings is 5. The zero-order valence-corrected chi connectivity index (χ0v) is 26.7. The van der Waals surface area contributed by atoms with Crippen molar-refractivity contribution < 1.29 is 42.1 Å². The number of anilines is 1. The monoisotopic (exact) mass is 670 g/mol. The van der Waals surface area contributed by atoms with Gasteiger partial charge in [0.2, 0.25) is 0 Å². The molecule has 1 amide bonds. The molecule has 0 aromatic heterocycles. The lowest BCUT2D eigenvalue weighted by molar-refractivity contribution is 0.0692. The Kier molecular flexibility index (Phi) is 9.95. The normalized spacial score (nSPS) is 11.1. The van der Waals surface area contributed by atoms with Crippen LogP contribution in [-0.4, -0.2) is 37.6 Å². The molecule has 0 unspecified atom stereocenters. The molecule has 0 heterocycles. The van der Waals surface area contributed by atoms with Crippen LogP contribution in [0, 0.1) is 12.7 Å².